The maximum absolute atomic E-state index is 11.1. The molecule has 3 nitrogen and oxygen atoms in total. The van der Waals surface area contributed by atoms with Gasteiger partial charge in [0.1, 0.15) is 0 Å². The molecule has 0 aliphatic rings. The number of amides is 1. The minimum absolute atomic E-state index is 0.480. The molecule has 0 aliphatic carbocycles. The van der Waals surface area contributed by atoms with Gasteiger partial charge >= 0.3 is 5.37 Å². The molecule has 0 aliphatic heterocycles. The van der Waals surface area contributed by atoms with Gasteiger partial charge in [0.2, 0.25) is 0 Å². The van der Waals surface area contributed by atoms with E-state index in [9.17, 15) is 4.79 Å². The molecule has 0 fully saturated rings. The van der Waals surface area contributed by atoms with Gasteiger partial charge in [-0.05, 0) is 17.7 Å². The van der Waals surface area contributed by atoms with Crippen LogP contribution in [0.2, 0.25) is 0 Å². The first-order chi connectivity index (χ1) is 7.11. The van der Waals surface area contributed by atoms with E-state index < -0.39 is 5.37 Å². The van der Waals surface area contributed by atoms with Crippen LogP contribution in [0.5, 0.6) is 0 Å². The Bertz CT molecular complexity index is 518. The van der Waals surface area contributed by atoms with Crippen LogP contribution in [0, 0.1) is 0 Å². The SMILES string of the molecule is CN(C(=O)Cl)c1cn(C)c2ccccc12. The highest BCUT2D eigenvalue weighted by molar-refractivity contribution is 6.66. The van der Waals surface area contributed by atoms with Gasteiger partial charge in [-0.1, -0.05) is 18.2 Å². The summed E-state index contributed by atoms with van der Waals surface area (Å²) in [4.78, 5) is 12.5. The quantitative estimate of drug-likeness (QED) is 0.538. The van der Waals surface area contributed by atoms with E-state index in [2.05, 4.69) is 0 Å². The molecule has 78 valence electrons. The summed E-state index contributed by atoms with van der Waals surface area (Å²) >= 11 is 5.45. The van der Waals surface area contributed by atoms with Crippen LogP contribution in [0.3, 0.4) is 0 Å². The predicted molar refractivity (Wildman–Crippen MR) is 62.6 cm³/mol. The number of hydrogen-bond acceptors (Lipinski definition) is 1. The number of nitrogens with zero attached hydrogens (tertiary/aromatic N) is 2. The monoisotopic (exact) mass is 222 g/mol. The topological polar surface area (TPSA) is 25.2 Å². The molecule has 2 aromatic rings. The Kier molecular flexibility index (Phi) is 2.40. The molecule has 0 saturated heterocycles. The summed E-state index contributed by atoms with van der Waals surface area (Å²) in [5.74, 6) is 0. The van der Waals surface area contributed by atoms with Crippen molar-refractivity contribution < 1.29 is 4.79 Å². The number of carbonyl (C=O) groups excluding carboxylic acids is 1. The second kappa shape index (κ2) is 3.59. The first kappa shape index (κ1) is 10.1. The molecule has 1 heterocycles. The minimum Gasteiger partial charge on any atom is -0.348 e. The van der Waals surface area contributed by atoms with Crippen molar-refractivity contribution in [2.75, 3.05) is 11.9 Å². The molecule has 0 bridgehead atoms. The fourth-order valence-electron chi connectivity index (χ4n) is 1.68. The number of aromatic nitrogens is 1. The van der Waals surface area contributed by atoms with E-state index >= 15 is 0 Å². The standard InChI is InChI=1S/C11H11ClN2O/c1-13-7-10(14(2)11(12)15)8-5-3-4-6-9(8)13/h3-7H,1-2H3. The number of hydrogen-bond donors (Lipinski definition) is 0. The number of halogens is 1. The van der Waals surface area contributed by atoms with E-state index in [1.54, 1.807) is 7.05 Å². The molecular weight excluding hydrogens is 212 g/mol. The maximum Gasteiger partial charge on any atom is 0.320 e. The largest absolute Gasteiger partial charge is 0.348 e. The molecule has 0 spiro atoms. The van der Waals surface area contributed by atoms with Gasteiger partial charge in [0.15, 0.2) is 0 Å². The third-order valence-electron chi connectivity index (χ3n) is 2.50. The smallest absolute Gasteiger partial charge is 0.320 e. The molecule has 1 aromatic carbocycles. The normalized spacial score (nSPS) is 10.6. The van der Waals surface area contributed by atoms with Gasteiger partial charge in [0.25, 0.3) is 0 Å². The van der Waals surface area contributed by atoms with E-state index in [0.29, 0.717) is 0 Å². The van der Waals surface area contributed by atoms with Crippen molar-refractivity contribution in [1.82, 2.24) is 4.57 Å². The Labute approximate surface area is 92.9 Å². The van der Waals surface area contributed by atoms with E-state index in [-0.39, 0.29) is 0 Å². The number of rotatable bonds is 1. The Balaban J connectivity index is 2.67. The van der Waals surface area contributed by atoms with Crippen LogP contribution in [0.15, 0.2) is 30.5 Å². The van der Waals surface area contributed by atoms with Gasteiger partial charge in [-0.25, -0.2) is 0 Å². The fraction of sp³-hybridized carbons (Fsp3) is 0.182. The number of fused-ring (bicyclic) bond motifs is 1. The molecule has 1 amide bonds. The van der Waals surface area contributed by atoms with Crippen molar-refractivity contribution in [2.45, 2.75) is 0 Å². The molecule has 0 unspecified atom stereocenters. The average Bonchev–Trinajstić information content (AvgIpc) is 2.56. The lowest BCUT2D eigenvalue weighted by molar-refractivity contribution is 0.265. The van der Waals surface area contributed by atoms with Gasteiger partial charge in [0.05, 0.1) is 5.69 Å². The molecule has 0 radical (unpaired) electrons. The van der Waals surface area contributed by atoms with Gasteiger partial charge < -0.3 is 4.57 Å². The van der Waals surface area contributed by atoms with E-state index in [1.165, 1.54) is 4.90 Å². The van der Waals surface area contributed by atoms with Gasteiger partial charge in [-0.3, -0.25) is 9.69 Å². The Morgan fingerprint density at radius 1 is 1.40 bits per heavy atom. The summed E-state index contributed by atoms with van der Waals surface area (Å²) < 4.78 is 1.97. The lowest BCUT2D eigenvalue weighted by atomic mass is 10.2. The summed E-state index contributed by atoms with van der Waals surface area (Å²) in [6, 6.07) is 7.89. The number of anilines is 1. The van der Waals surface area contributed by atoms with Crippen LogP contribution >= 0.6 is 11.6 Å². The molecular formula is C11H11ClN2O. The number of carbonyl (C=O) groups is 1. The van der Waals surface area contributed by atoms with Crippen molar-refractivity contribution in [3.8, 4) is 0 Å². The number of aryl methyl sites for hydroxylation is 1. The molecule has 0 N–H and O–H groups in total. The highest BCUT2D eigenvalue weighted by Gasteiger charge is 2.13. The zero-order chi connectivity index (χ0) is 11.0. The van der Waals surface area contributed by atoms with E-state index in [4.69, 9.17) is 11.6 Å². The third-order valence-corrected chi connectivity index (χ3v) is 2.75. The molecule has 1 aromatic heterocycles. The number of para-hydroxylation sites is 1. The van der Waals surface area contributed by atoms with Gasteiger partial charge in [-0.2, -0.15) is 0 Å². The predicted octanol–water partition coefficient (Wildman–Crippen LogP) is 2.97. The van der Waals surface area contributed by atoms with E-state index in [1.807, 2.05) is 42.1 Å². The van der Waals surface area contributed by atoms with Crippen molar-refractivity contribution in [2.24, 2.45) is 7.05 Å². The second-order valence-corrected chi connectivity index (χ2v) is 3.78. The molecule has 15 heavy (non-hydrogen) atoms. The van der Waals surface area contributed by atoms with Crippen LogP contribution in [0.25, 0.3) is 10.9 Å². The van der Waals surface area contributed by atoms with Crippen LogP contribution in [0.1, 0.15) is 0 Å². The number of benzene rings is 1. The first-order valence-corrected chi connectivity index (χ1v) is 4.96. The van der Waals surface area contributed by atoms with Crippen LogP contribution in [-0.4, -0.2) is 17.0 Å². The maximum atomic E-state index is 11.1. The van der Waals surface area contributed by atoms with Crippen LogP contribution < -0.4 is 4.90 Å². The van der Waals surface area contributed by atoms with Crippen LogP contribution in [0.4, 0.5) is 10.5 Å². The highest BCUT2D eigenvalue weighted by Crippen LogP contribution is 2.28. The molecule has 0 saturated carbocycles. The molecule has 0 atom stereocenters. The summed E-state index contributed by atoms with van der Waals surface area (Å²) in [5, 5.41) is 0.544. The molecule has 2 rings (SSSR count). The fourth-order valence-corrected chi connectivity index (χ4v) is 1.77. The van der Waals surface area contributed by atoms with Gasteiger partial charge in [-0.15, -0.1) is 0 Å². The highest BCUT2D eigenvalue weighted by atomic mass is 35.5. The van der Waals surface area contributed by atoms with E-state index in [0.717, 1.165) is 16.6 Å². The molecule has 4 heteroatoms. The minimum atomic E-state index is -0.480. The zero-order valence-electron chi connectivity index (χ0n) is 8.57. The summed E-state index contributed by atoms with van der Waals surface area (Å²) in [7, 11) is 3.61. The summed E-state index contributed by atoms with van der Waals surface area (Å²) in [6.07, 6.45) is 1.89. The lowest BCUT2D eigenvalue weighted by Gasteiger charge is -2.11. The summed E-state index contributed by atoms with van der Waals surface area (Å²) in [6.45, 7) is 0. The zero-order valence-corrected chi connectivity index (χ0v) is 9.32. The third kappa shape index (κ3) is 1.59. The van der Waals surface area contributed by atoms with Crippen molar-refractivity contribution in [1.29, 1.82) is 0 Å². The first-order valence-electron chi connectivity index (χ1n) is 4.58. The second-order valence-electron chi connectivity index (χ2n) is 3.45. The Morgan fingerprint density at radius 2 is 2.07 bits per heavy atom. The lowest BCUT2D eigenvalue weighted by Crippen LogP contribution is -2.19. The van der Waals surface area contributed by atoms with Crippen molar-refractivity contribution in [3.05, 3.63) is 30.5 Å². The van der Waals surface area contributed by atoms with Crippen molar-refractivity contribution >= 4 is 33.6 Å². The Hall–Kier alpha value is -1.48. The Morgan fingerprint density at radius 3 is 2.73 bits per heavy atom. The van der Waals surface area contributed by atoms with Crippen molar-refractivity contribution in [3.63, 3.8) is 0 Å². The summed E-state index contributed by atoms with van der Waals surface area (Å²) in [5.41, 5.74) is 1.91. The average molecular weight is 223 g/mol. The van der Waals surface area contributed by atoms with Gasteiger partial charge in [0, 0.05) is 31.2 Å². The van der Waals surface area contributed by atoms with Crippen LogP contribution in [-0.2, 0) is 7.05 Å².